The summed E-state index contributed by atoms with van der Waals surface area (Å²) in [5.41, 5.74) is -0.601. The predicted octanol–water partition coefficient (Wildman–Crippen LogP) is 1.49. The Morgan fingerprint density at radius 1 is 1.35 bits per heavy atom. The van der Waals surface area contributed by atoms with Crippen LogP contribution in [0.2, 0.25) is 18.1 Å². The van der Waals surface area contributed by atoms with E-state index in [1.165, 1.54) is 16.8 Å². The van der Waals surface area contributed by atoms with Gasteiger partial charge in [-0.25, -0.2) is 4.79 Å². The first-order valence-corrected chi connectivity index (χ1v) is 11.6. The lowest BCUT2D eigenvalue weighted by Crippen LogP contribution is -2.48. The molecule has 0 amide bonds. The van der Waals surface area contributed by atoms with E-state index in [2.05, 4.69) is 25.8 Å². The van der Waals surface area contributed by atoms with Crippen molar-refractivity contribution in [2.75, 3.05) is 13.2 Å². The van der Waals surface area contributed by atoms with Crippen molar-refractivity contribution in [2.24, 2.45) is 0 Å². The molecule has 0 radical (unpaired) electrons. The van der Waals surface area contributed by atoms with E-state index in [4.69, 9.17) is 13.9 Å². The fourth-order valence-corrected chi connectivity index (χ4v) is 3.63. The summed E-state index contributed by atoms with van der Waals surface area (Å²) in [6, 6.07) is 1.54. The number of hydrogen-bond donors (Lipinski definition) is 1. The highest BCUT2D eigenvalue weighted by Crippen LogP contribution is 2.40. The van der Waals surface area contributed by atoms with Gasteiger partial charge in [0.1, 0.15) is 6.10 Å². The van der Waals surface area contributed by atoms with Crippen LogP contribution in [0.25, 0.3) is 0 Å². The Morgan fingerprint density at radius 2 is 2.00 bits per heavy atom. The standard InChI is InChI=1S/C17H28N2O6Si/c1-7-23-12-8-9-19(16(22)18-12)15-14(13(21)11(10-20)24-15)25-26(5,6)17(2,3)4/h8-9,11,14-15,20H,7,10H2,1-6H3/t11-,14-,15-/m1/s1. The molecule has 1 N–H and O–H groups in total. The van der Waals surface area contributed by atoms with Crippen LogP contribution in [-0.2, 0) is 14.0 Å². The number of aliphatic hydroxyl groups is 1. The summed E-state index contributed by atoms with van der Waals surface area (Å²) in [6.07, 6.45) is -1.48. The lowest BCUT2D eigenvalue weighted by molar-refractivity contribution is -0.127. The van der Waals surface area contributed by atoms with Crippen LogP contribution in [0, 0.1) is 0 Å². The topological polar surface area (TPSA) is 99.9 Å². The SMILES string of the molecule is CCOc1ccn([C@@H]2O[C@H](CO)C(=O)[C@H]2O[Si](C)(C)C(C)(C)C)c(=O)n1. The zero-order chi connectivity index (χ0) is 19.7. The third-order valence-electron chi connectivity index (χ3n) is 4.92. The smallest absolute Gasteiger partial charge is 0.353 e. The number of ether oxygens (including phenoxy) is 2. The van der Waals surface area contributed by atoms with Crippen LogP contribution in [0.1, 0.15) is 33.9 Å². The highest BCUT2D eigenvalue weighted by Gasteiger charge is 2.50. The number of ketones is 1. The van der Waals surface area contributed by atoms with Crippen LogP contribution < -0.4 is 10.4 Å². The molecule has 0 spiro atoms. The van der Waals surface area contributed by atoms with Gasteiger partial charge in [0, 0.05) is 12.3 Å². The van der Waals surface area contributed by atoms with Crippen LogP contribution in [-0.4, -0.2) is 54.2 Å². The van der Waals surface area contributed by atoms with E-state index in [0.29, 0.717) is 6.61 Å². The average Bonchev–Trinajstić information content (AvgIpc) is 2.83. The quantitative estimate of drug-likeness (QED) is 0.742. The molecule has 0 saturated carbocycles. The summed E-state index contributed by atoms with van der Waals surface area (Å²) in [4.78, 5) is 28.9. The molecule has 146 valence electrons. The second-order valence-electron chi connectivity index (χ2n) is 7.79. The third-order valence-corrected chi connectivity index (χ3v) is 9.38. The number of hydrogen-bond acceptors (Lipinski definition) is 7. The summed E-state index contributed by atoms with van der Waals surface area (Å²) < 4.78 is 18.3. The Labute approximate surface area is 154 Å². The van der Waals surface area contributed by atoms with Crippen molar-refractivity contribution >= 4 is 14.1 Å². The first kappa shape index (κ1) is 20.8. The maximum Gasteiger partial charge on any atom is 0.353 e. The fraction of sp³-hybridized carbons (Fsp3) is 0.706. The Kier molecular flexibility index (Phi) is 6.06. The van der Waals surface area contributed by atoms with Gasteiger partial charge in [-0.3, -0.25) is 9.36 Å². The Bertz CT molecular complexity index is 712. The molecule has 1 saturated heterocycles. The van der Waals surface area contributed by atoms with E-state index in [1.54, 1.807) is 6.92 Å². The first-order chi connectivity index (χ1) is 12.0. The monoisotopic (exact) mass is 384 g/mol. The summed E-state index contributed by atoms with van der Waals surface area (Å²) >= 11 is 0. The van der Waals surface area contributed by atoms with Crippen LogP contribution in [0.15, 0.2) is 17.1 Å². The minimum absolute atomic E-state index is 0.128. The molecule has 0 aromatic carbocycles. The van der Waals surface area contributed by atoms with Crippen molar-refractivity contribution in [1.29, 1.82) is 0 Å². The highest BCUT2D eigenvalue weighted by atomic mass is 28.4. The van der Waals surface area contributed by atoms with Crippen molar-refractivity contribution in [1.82, 2.24) is 9.55 Å². The van der Waals surface area contributed by atoms with Gasteiger partial charge in [-0.05, 0) is 25.1 Å². The number of nitrogens with zero attached hydrogens (tertiary/aromatic N) is 2. The molecule has 26 heavy (non-hydrogen) atoms. The van der Waals surface area contributed by atoms with Crippen molar-refractivity contribution < 1.29 is 23.8 Å². The van der Waals surface area contributed by atoms with Gasteiger partial charge in [0.05, 0.1) is 13.2 Å². The van der Waals surface area contributed by atoms with Crippen LogP contribution in [0.3, 0.4) is 0 Å². The van der Waals surface area contributed by atoms with E-state index in [1.807, 2.05) is 13.1 Å². The minimum atomic E-state index is -2.31. The molecular weight excluding hydrogens is 356 g/mol. The molecule has 2 heterocycles. The Balaban J connectivity index is 2.39. The molecule has 1 aromatic rings. The first-order valence-electron chi connectivity index (χ1n) is 8.71. The molecule has 0 unspecified atom stereocenters. The molecular formula is C17H28N2O6Si. The maximum atomic E-state index is 12.7. The van der Waals surface area contributed by atoms with E-state index in [-0.39, 0.29) is 16.7 Å². The number of aromatic nitrogens is 2. The molecule has 0 bridgehead atoms. The van der Waals surface area contributed by atoms with Crippen molar-refractivity contribution in [2.45, 2.75) is 64.3 Å². The van der Waals surface area contributed by atoms with Gasteiger partial charge in [0.2, 0.25) is 5.88 Å². The second-order valence-corrected chi connectivity index (χ2v) is 12.5. The number of rotatable bonds is 6. The van der Waals surface area contributed by atoms with Crippen molar-refractivity contribution in [3.63, 3.8) is 0 Å². The van der Waals surface area contributed by atoms with Gasteiger partial charge in [-0.15, -0.1) is 0 Å². The van der Waals surface area contributed by atoms with E-state index in [0.717, 1.165) is 0 Å². The zero-order valence-corrected chi connectivity index (χ0v) is 17.2. The maximum absolute atomic E-state index is 12.7. The van der Waals surface area contributed by atoms with E-state index in [9.17, 15) is 14.7 Å². The molecule has 0 aliphatic carbocycles. The average molecular weight is 385 g/mol. The zero-order valence-electron chi connectivity index (χ0n) is 16.2. The normalized spacial score (nSPS) is 24.1. The number of aliphatic hydroxyl groups excluding tert-OH is 1. The number of carbonyl (C=O) groups excluding carboxylic acids is 1. The third kappa shape index (κ3) is 4.06. The Morgan fingerprint density at radius 3 is 2.50 bits per heavy atom. The van der Waals surface area contributed by atoms with Crippen LogP contribution in [0.5, 0.6) is 5.88 Å². The lowest BCUT2D eigenvalue weighted by atomic mass is 10.2. The molecule has 3 atom stereocenters. The van der Waals surface area contributed by atoms with Gasteiger partial charge >= 0.3 is 5.69 Å². The van der Waals surface area contributed by atoms with Gasteiger partial charge < -0.3 is 19.0 Å². The van der Waals surface area contributed by atoms with Crippen LogP contribution in [0.4, 0.5) is 0 Å². The largest absolute Gasteiger partial charge is 0.478 e. The fourth-order valence-electron chi connectivity index (χ4n) is 2.40. The molecule has 1 aromatic heterocycles. The highest BCUT2D eigenvalue weighted by molar-refractivity contribution is 6.74. The van der Waals surface area contributed by atoms with Crippen molar-refractivity contribution in [3.05, 3.63) is 22.7 Å². The van der Waals surface area contributed by atoms with Gasteiger partial charge in [-0.2, -0.15) is 4.98 Å². The van der Waals surface area contributed by atoms with Gasteiger partial charge in [0.25, 0.3) is 0 Å². The molecule has 1 aliphatic rings. The lowest BCUT2D eigenvalue weighted by Gasteiger charge is -2.38. The summed E-state index contributed by atoms with van der Waals surface area (Å²) in [5.74, 6) is -0.151. The predicted molar refractivity (Wildman–Crippen MR) is 97.7 cm³/mol. The van der Waals surface area contributed by atoms with Crippen LogP contribution >= 0.6 is 0 Å². The molecule has 1 fully saturated rings. The molecule has 8 nitrogen and oxygen atoms in total. The molecule has 2 rings (SSSR count). The van der Waals surface area contributed by atoms with E-state index < -0.39 is 39.0 Å². The van der Waals surface area contributed by atoms with E-state index >= 15 is 0 Å². The second kappa shape index (κ2) is 7.59. The number of carbonyl (C=O) groups is 1. The minimum Gasteiger partial charge on any atom is -0.478 e. The Hall–Kier alpha value is -1.55. The number of Topliss-reactive ketones (excluding diaryl/α,β-unsaturated/α-hetero) is 1. The van der Waals surface area contributed by atoms with Gasteiger partial charge in [-0.1, -0.05) is 20.8 Å². The summed E-state index contributed by atoms with van der Waals surface area (Å²) in [6.45, 7) is 11.9. The van der Waals surface area contributed by atoms with Crippen molar-refractivity contribution in [3.8, 4) is 5.88 Å². The molecule has 9 heteroatoms. The summed E-state index contributed by atoms with van der Waals surface area (Å²) in [7, 11) is -2.31. The summed E-state index contributed by atoms with van der Waals surface area (Å²) in [5, 5.41) is 9.32. The van der Waals surface area contributed by atoms with Gasteiger partial charge in [0.15, 0.2) is 26.4 Å². The molecule has 1 aliphatic heterocycles.